The van der Waals surface area contributed by atoms with Gasteiger partial charge in [-0.15, -0.1) is 0 Å². The summed E-state index contributed by atoms with van der Waals surface area (Å²) in [6.45, 7) is 2.05. The third kappa shape index (κ3) is 3.41. The first kappa shape index (κ1) is 14.4. The molecule has 18 heavy (non-hydrogen) atoms. The van der Waals surface area contributed by atoms with E-state index in [9.17, 15) is 18.5 Å². The van der Waals surface area contributed by atoms with Crippen LogP contribution in [0.25, 0.3) is 0 Å². The Kier molecular flexibility index (Phi) is 4.25. The summed E-state index contributed by atoms with van der Waals surface area (Å²) < 4.78 is 23.0. The van der Waals surface area contributed by atoms with Gasteiger partial charge in [0.1, 0.15) is 10.6 Å². The number of anilines is 1. The summed E-state index contributed by atoms with van der Waals surface area (Å²) in [4.78, 5) is 9.99. The van der Waals surface area contributed by atoms with Crippen LogP contribution < -0.4 is 11.1 Å². The Bertz CT molecular complexity index is 554. The van der Waals surface area contributed by atoms with Gasteiger partial charge in [-0.3, -0.25) is 10.1 Å². The maximum Gasteiger partial charge on any atom is 0.310 e. The highest BCUT2D eigenvalue weighted by Gasteiger charge is 2.25. The summed E-state index contributed by atoms with van der Waals surface area (Å²) >= 11 is 0. The largest absolute Gasteiger partial charge is 0.378 e. The maximum absolute atomic E-state index is 11.5. The van der Waals surface area contributed by atoms with Crippen LogP contribution in [0.3, 0.4) is 0 Å². The average Bonchev–Trinajstić information content (AvgIpc) is 2.24. The third-order valence-corrected chi connectivity index (χ3v) is 3.32. The molecular weight excluding hydrogens is 258 g/mol. The van der Waals surface area contributed by atoms with Crippen molar-refractivity contribution in [1.82, 2.24) is 0 Å². The van der Waals surface area contributed by atoms with Crippen LogP contribution in [0.5, 0.6) is 0 Å². The average molecular weight is 273 g/mol. The van der Waals surface area contributed by atoms with Crippen molar-refractivity contribution in [3.63, 3.8) is 0 Å². The van der Waals surface area contributed by atoms with E-state index in [1.54, 1.807) is 6.92 Å². The SMILES string of the molecule is CC(N)CNc1cccc(S(C)(=O)=O)c1[N+](=O)[O-]. The Labute approximate surface area is 105 Å². The molecule has 1 aromatic carbocycles. The van der Waals surface area contributed by atoms with Crippen LogP contribution in [0.2, 0.25) is 0 Å². The summed E-state index contributed by atoms with van der Waals surface area (Å²) in [7, 11) is -3.65. The van der Waals surface area contributed by atoms with Crippen molar-refractivity contribution < 1.29 is 13.3 Å². The van der Waals surface area contributed by atoms with Gasteiger partial charge < -0.3 is 11.1 Å². The lowest BCUT2D eigenvalue weighted by Gasteiger charge is -2.11. The van der Waals surface area contributed by atoms with Crippen molar-refractivity contribution >= 4 is 21.2 Å². The maximum atomic E-state index is 11.5. The topological polar surface area (TPSA) is 115 Å². The summed E-state index contributed by atoms with van der Waals surface area (Å²) in [5, 5.41) is 13.8. The molecule has 0 saturated heterocycles. The summed E-state index contributed by atoms with van der Waals surface area (Å²) in [5.41, 5.74) is 5.25. The van der Waals surface area contributed by atoms with Crippen LogP contribution in [0.4, 0.5) is 11.4 Å². The van der Waals surface area contributed by atoms with Crippen molar-refractivity contribution in [3.8, 4) is 0 Å². The van der Waals surface area contributed by atoms with Gasteiger partial charge in [0, 0.05) is 18.8 Å². The van der Waals surface area contributed by atoms with Crippen LogP contribution in [-0.4, -0.2) is 32.2 Å². The van der Waals surface area contributed by atoms with Crippen molar-refractivity contribution in [2.45, 2.75) is 17.9 Å². The van der Waals surface area contributed by atoms with Gasteiger partial charge in [-0.1, -0.05) is 6.07 Å². The zero-order valence-corrected chi connectivity index (χ0v) is 10.9. The number of benzene rings is 1. The summed E-state index contributed by atoms with van der Waals surface area (Å²) in [5.74, 6) is 0. The molecule has 0 radical (unpaired) electrons. The van der Waals surface area contributed by atoms with Gasteiger partial charge in [0.15, 0.2) is 9.84 Å². The van der Waals surface area contributed by atoms with Crippen molar-refractivity contribution in [2.24, 2.45) is 5.73 Å². The van der Waals surface area contributed by atoms with Gasteiger partial charge in [0.25, 0.3) is 0 Å². The standard InChI is InChI=1S/C10H15N3O4S/c1-7(11)6-12-8-4-3-5-9(18(2,16)17)10(8)13(14)15/h3-5,7,12H,6,11H2,1-2H3. The molecule has 100 valence electrons. The monoisotopic (exact) mass is 273 g/mol. The fraction of sp³-hybridized carbons (Fsp3) is 0.400. The number of nitrogens with two attached hydrogens (primary N) is 1. The number of hydrogen-bond acceptors (Lipinski definition) is 6. The lowest BCUT2D eigenvalue weighted by Crippen LogP contribution is -2.25. The van der Waals surface area contributed by atoms with Crippen LogP contribution in [0.15, 0.2) is 23.1 Å². The van der Waals surface area contributed by atoms with Gasteiger partial charge in [-0.2, -0.15) is 0 Å². The van der Waals surface area contributed by atoms with Gasteiger partial charge >= 0.3 is 5.69 Å². The first-order chi connectivity index (χ1) is 8.23. The first-order valence-electron chi connectivity index (χ1n) is 5.20. The number of nitrogens with one attached hydrogen (secondary N) is 1. The second kappa shape index (κ2) is 5.32. The Morgan fingerprint density at radius 1 is 1.50 bits per heavy atom. The smallest absolute Gasteiger partial charge is 0.310 e. The van der Waals surface area contributed by atoms with Gasteiger partial charge in [-0.25, -0.2) is 8.42 Å². The second-order valence-electron chi connectivity index (χ2n) is 4.04. The zero-order chi connectivity index (χ0) is 13.9. The van der Waals surface area contributed by atoms with E-state index in [0.717, 1.165) is 6.26 Å². The Morgan fingerprint density at radius 3 is 2.56 bits per heavy atom. The summed E-state index contributed by atoms with van der Waals surface area (Å²) in [6, 6.07) is 3.92. The first-order valence-corrected chi connectivity index (χ1v) is 7.09. The molecule has 7 nitrogen and oxygen atoms in total. The molecule has 0 spiro atoms. The Balaban J connectivity index is 3.31. The third-order valence-electron chi connectivity index (χ3n) is 2.20. The Morgan fingerprint density at radius 2 is 2.11 bits per heavy atom. The lowest BCUT2D eigenvalue weighted by atomic mass is 10.2. The minimum absolute atomic E-state index is 0.153. The molecule has 0 aliphatic heterocycles. The van der Waals surface area contributed by atoms with Crippen molar-refractivity contribution in [3.05, 3.63) is 28.3 Å². The molecule has 8 heteroatoms. The van der Waals surface area contributed by atoms with Gasteiger partial charge in [-0.05, 0) is 19.1 Å². The number of para-hydroxylation sites is 1. The number of nitro benzene ring substituents is 1. The minimum atomic E-state index is -3.65. The predicted molar refractivity (Wildman–Crippen MR) is 68.3 cm³/mol. The highest BCUT2D eigenvalue weighted by Crippen LogP contribution is 2.31. The van der Waals surface area contributed by atoms with E-state index in [2.05, 4.69) is 5.32 Å². The molecule has 0 heterocycles. The van der Waals surface area contributed by atoms with Gasteiger partial charge in [0.05, 0.1) is 4.92 Å². The Hall–Kier alpha value is -1.67. The molecule has 0 aromatic heterocycles. The van der Waals surface area contributed by atoms with Crippen LogP contribution >= 0.6 is 0 Å². The zero-order valence-electron chi connectivity index (χ0n) is 10.1. The van der Waals surface area contributed by atoms with Crippen LogP contribution in [0.1, 0.15) is 6.92 Å². The van der Waals surface area contributed by atoms with Crippen molar-refractivity contribution in [2.75, 3.05) is 18.1 Å². The highest BCUT2D eigenvalue weighted by molar-refractivity contribution is 7.90. The molecule has 0 saturated carbocycles. The van der Waals surface area contributed by atoms with Crippen LogP contribution in [-0.2, 0) is 9.84 Å². The molecule has 0 aliphatic rings. The van der Waals surface area contributed by atoms with Crippen molar-refractivity contribution in [1.29, 1.82) is 0 Å². The molecule has 0 aliphatic carbocycles. The summed E-state index contributed by atoms with van der Waals surface area (Å²) in [6.07, 6.45) is 0.935. The van der Waals surface area contributed by atoms with E-state index in [1.165, 1.54) is 18.2 Å². The molecule has 0 bridgehead atoms. The quantitative estimate of drug-likeness (QED) is 0.604. The minimum Gasteiger partial charge on any atom is -0.378 e. The molecule has 3 N–H and O–H groups in total. The molecule has 1 rings (SSSR count). The molecule has 0 fully saturated rings. The number of nitrogens with zero attached hydrogens (tertiary/aromatic N) is 1. The highest BCUT2D eigenvalue weighted by atomic mass is 32.2. The van der Waals surface area contributed by atoms with E-state index in [0.29, 0.717) is 6.54 Å². The van der Waals surface area contributed by atoms with Gasteiger partial charge in [0.2, 0.25) is 0 Å². The second-order valence-corrected chi connectivity index (χ2v) is 6.02. The number of rotatable bonds is 5. The van der Waals surface area contributed by atoms with Crippen LogP contribution in [0, 0.1) is 10.1 Å². The number of hydrogen-bond donors (Lipinski definition) is 2. The van der Waals surface area contributed by atoms with E-state index >= 15 is 0 Å². The van der Waals surface area contributed by atoms with E-state index in [4.69, 9.17) is 5.73 Å². The molecule has 1 atom stereocenters. The fourth-order valence-electron chi connectivity index (χ4n) is 1.42. The fourth-order valence-corrected chi connectivity index (χ4v) is 2.28. The molecule has 1 unspecified atom stereocenters. The number of nitro groups is 1. The van der Waals surface area contributed by atoms with E-state index in [1.807, 2.05) is 0 Å². The number of sulfone groups is 1. The lowest BCUT2D eigenvalue weighted by molar-refractivity contribution is -0.386. The normalized spacial score (nSPS) is 13.1. The van der Waals surface area contributed by atoms with E-state index < -0.39 is 20.4 Å². The predicted octanol–water partition coefficient (Wildman–Crippen LogP) is 0.757. The molecule has 0 amide bonds. The molecular formula is C10H15N3O4S. The molecule has 1 aromatic rings. The van der Waals surface area contributed by atoms with E-state index in [-0.39, 0.29) is 16.6 Å².